The Morgan fingerprint density at radius 2 is 1.40 bits per heavy atom. The average Bonchev–Trinajstić information content (AvgIpc) is 3.18. The minimum Gasteiger partial charge on any atom is -0.480 e. The normalized spacial score (nSPS) is 14.7. The lowest BCUT2D eigenvalue weighted by Crippen LogP contribution is -2.51. The Balaban J connectivity index is 1.49. The highest BCUT2D eigenvalue weighted by atomic mass is 16.5. The zero-order chi connectivity index (χ0) is 24.9. The lowest BCUT2D eigenvalue weighted by Gasteiger charge is -2.23. The van der Waals surface area contributed by atoms with Crippen LogP contribution in [0.2, 0.25) is 0 Å². The maximum atomic E-state index is 12.9. The summed E-state index contributed by atoms with van der Waals surface area (Å²) in [6, 6.07) is 21.5. The summed E-state index contributed by atoms with van der Waals surface area (Å²) < 4.78 is 5.55. The lowest BCUT2D eigenvalue weighted by molar-refractivity contribution is -0.145. The van der Waals surface area contributed by atoms with Crippen molar-refractivity contribution in [3.63, 3.8) is 0 Å². The van der Waals surface area contributed by atoms with Gasteiger partial charge in [-0.15, -0.1) is 0 Å². The summed E-state index contributed by atoms with van der Waals surface area (Å²) in [6.45, 7) is 1.32. The van der Waals surface area contributed by atoms with Gasteiger partial charge in [0.05, 0.1) is 6.10 Å². The number of fused-ring (bicyclic) bond motifs is 3. The molecule has 35 heavy (non-hydrogen) atoms. The van der Waals surface area contributed by atoms with E-state index >= 15 is 0 Å². The largest absolute Gasteiger partial charge is 0.480 e. The molecule has 0 fully saturated rings. The van der Waals surface area contributed by atoms with E-state index in [1.807, 2.05) is 48.5 Å². The Labute approximate surface area is 202 Å². The summed E-state index contributed by atoms with van der Waals surface area (Å²) in [5.74, 6) is -2.32. The van der Waals surface area contributed by atoms with Gasteiger partial charge < -0.3 is 25.6 Å². The van der Waals surface area contributed by atoms with Crippen LogP contribution in [0.3, 0.4) is 0 Å². The van der Waals surface area contributed by atoms with Crippen LogP contribution in [-0.2, 0) is 14.3 Å². The summed E-state index contributed by atoms with van der Waals surface area (Å²) in [7, 11) is 0. The number of aliphatic hydroxyl groups excluding tert-OH is 1. The minimum atomic E-state index is -1.53. The Kier molecular flexibility index (Phi) is 7.12. The second-order valence-corrected chi connectivity index (χ2v) is 8.38. The molecule has 4 rings (SSSR count). The summed E-state index contributed by atoms with van der Waals surface area (Å²) >= 11 is 0. The molecular weight excluding hydrogens is 448 g/mol. The number of carbonyl (C=O) groups is 3. The van der Waals surface area contributed by atoms with Crippen molar-refractivity contribution in [1.29, 1.82) is 0 Å². The van der Waals surface area contributed by atoms with Crippen molar-refractivity contribution in [3.8, 4) is 11.1 Å². The quantitative estimate of drug-likeness (QED) is 0.397. The van der Waals surface area contributed by atoms with Crippen molar-refractivity contribution >= 4 is 18.0 Å². The maximum Gasteiger partial charge on any atom is 0.408 e. The van der Waals surface area contributed by atoms with Crippen molar-refractivity contribution in [2.24, 2.45) is 0 Å². The van der Waals surface area contributed by atoms with Gasteiger partial charge in [0.1, 0.15) is 12.6 Å². The molecule has 0 radical (unpaired) electrons. The van der Waals surface area contributed by atoms with Gasteiger partial charge in [0.25, 0.3) is 0 Å². The van der Waals surface area contributed by atoms with Gasteiger partial charge in [0.15, 0.2) is 6.04 Å². The minimum absolute atomic E-state index is 0.0639. The molecule has 0 aliphatic heterocycles. The molecule has 1 aliphatic carbocycles. The molecule has 1 aliphatic rings. The fourth-order valence-electron chi connectivity index (χ4n) is 4.33. The number of aliphatic hydroxyl groups is 1. The number of alkyl carbamates (subject to hydrolysis) is 1. The summed E-state index contributed by atoms with van der Waals surface area (Å²) in [5, 5.41) is 23.9. The van der Waals surface area contributed by atoms with Crippen LogP contribution < -0.4 is 10.6 Å². The van der Waals surface area contributed by atoms with E-state index in [9.17, 15) is 24.6 Å². The number of benzene rings is 3. The predicted molar refractivity (Wildman–Crippen MR) is 129 cm³/mol. The first kappa shape index (κ1) is 24.0. The standard InChI is InChI=1S/C27H26N2O6/c1-16(30)23(26(32)33)28-25(31)24(17-9-3-2-4-10-17)29-27(34)35-15-22-20-13-7-5-11-18(20)19-12-6-8-14-21(19)22/h2-14,16,22-24,30H,15H2,1H3,(H,28,31)(H,29,34)(H,32,33). The third-order valence-electron chi connectivity index (χ3n) is 6.05. The monoisotopic (exact) mass is 474 g/mol. The molecule has 3 aromatic rings. The van der Waals surface area contributed by atoms with Gasteiger partial charge in [-0.1, -0.05) is 78.9 Å². The number of carbonyl (C=O) groups excluding carboxylic acids is 2. The zero-order valence-corrected chi connectivity index (χ0v) is 19.0. The molecule has 4 N–H and O–H groups in total. The van der Waals surface area contributed by atoms with Crippen LogP contribution in [0.1, 0.15) is 35.6 Å². The Hall–Kier alpha value is -4.17. The second kappa shape index (κ2) is 10.4. The van der Waals surface area contributed by atoms with E-state index < -0.39 is 36.2 Å². The SMILES string of the molecule is CC(O)C(NC(=O)C(NC(=O)OCC1c2ccccc2-c2ccccc21)c1ccccc1)C(=O)O. The molecule has 0 saturated carbocycles. The van der Waals surface area contributed by atoms with Gasteiger partial charge in [-0.2, -0.15) is 0 Å². The number of carboxylic acid groups (broad SMARTS) is 1. The van der Waals surface area contributed by atoms with Gasteiger partial charge >= 0.3 is 12.1 Å². The molecular formula is C27H26N2O6. The van der Waals surface area contributed by atoms with E-state index in [1.54, 1.807) is 30.3 Å². The fraction of sp³-hybridized carbons (Fsp3) is 0.222. The van der Waals surface area contributed by atoms with E-state index in [0.29, 0.717) is 5.56 Å². The van der Waals surface area contributed by atoms with Crippen molar-refractivity contribution in [1.82, 2.24) is 10.6 Å². The first-order valence-corrected chi connectivity index (χ1v) is 11.2. The molecule has 0 saturated heterocycles. The maximum absolute atomic E-state index is 12.9. The number of rotatable bonds is 8. The topological polar surface area (TPSA) is 125 Å². The fourth-order valence-corrected chi connectivity index (χ4v) is 4.33. The van der Waals surface area contributed by atoms with E-state index in [0.717, 1.165) is 22.3 Å². The number of aliphatic carboxylic acids is 1. The average molecular weight is 475 g/mol. The molecule has 3 atom stereocenters. The molecule has 8 nitrogen and oxygen atoms in total. The van der Waals surface area contributed by atoms with Crippen molar-refractivity contribution in [2.45, 2.75) is 31.0 Å². The third-order valence-corrected chi connectivity index (χ3v) is 6.05. The Morgan fingerprint density at radius 3 is 1.94 bits per heavy atom. The summed E-state index contributed by atoms with van der Waals surface area (Å²) in [6.07, 6.45) is -2.15. The van der Waals surface area contributed by atoms with E-state index in [2.05, 4.69) is 10.6 Å². The lowest BCUT2D eigenvalue weighted by atomic mass is 9.98. The second-order valence-electron chi connectivity index (χ2n) is 8.38. The van der Waals surface area contributed by atoms with Crippen molar-refractivity contribution in [3.05, 3.63) is 95.6 Å². The van der Waals surface area contributed by atoms with Crippen molar-refractivity contribution in [2.75, 3.05) is 6.61 Å². The van der Waals surface area contributed by atoms with Crippen LogP contribution in [0.15, 0.2) is 78.9 Å². The van der Waals surface area contributed by atoms with Crippen LogP contribution >= 0.6 is 0 Å². The molecule has 0 heterocycles. The third kappa shape index (κ3) is 5.17. The molecule has 0 aromatic heterocycles. The van der Waals surface area contributed by atoms with E-state index in [-0.39, 0.29) is 12.5 Å². The highest BCUT2D eigenvalue weighted by Crippen LogP contribution is 2.44. The highest BCUT2D eigenvalue weighted by Gasteiger charge is 2.32. The van der Waals surface area contributed by atoms with Crippen molar-refractivity contribution < 1.29 is 29.3 Å². The van der Waals surface area contributed by atoms with Gasteiger partial charge in [-0.25, -0.2) is 9.59 Å². The zero-order valence-electron chi connectivity index (χ0n) is 19.0. The smallest absolute Gasteiger partial charge is 0.408 e. The number of nitrogens with one attached hydrogen (secondary N) is 2. The first-order valence-electron chi connectivity index (χ1n) is 11.2. The molecule has 8 heteroatoms. The number of ether oxygens (including phenoxy) is 1. The van der Waals surface area contributed by atoms with Crippen LogP contribution in [0.25, 0.3) is 11.1 Å². The molecule has 3 unspecified atom stereocenters. The van der Waals surface area contributed by atoms with Crippen LogP contribution in [0, 0.1) is 0 Å². The van der Waals surface area contributed by atoms with E-state index in [4.69, 9.17) is 4.74 Å². The first-order chi connectivity index (χ1) is 16.9. The Bertz CT molecular complexity index is 1180. The van der Waals surface area contributed by atoms with Crippen LogP contribution in [0.5, 0.6) is 0 Å². The van der Waals surface area contributed by atoms with Gasteiger partial charge in [-0.05, 0) is 34.7 Å². The van der Waals surface area contributed by atoms with Crippen LogP contribution in [0.4, 0.5) is 4.79 Å². The molecule has 2 amide bonds. The summed E-state index contributed by atoms with van der Waals surface area (Å²) in [5.41, 5.74) is 4.74. The number of hydrogen-bond donors (Lipinski definition) is 4. The van der Waals surface area contributed by atoms with Gasteiger partial charge in [0, 0.05) is 5.92 Å². The highest BCUT2D eigenvalue weighted by molar-refractivity contribution is 5.90. The van der Waals surface area contributed by atoms with Gasteiger partial charge in [0.2, 0.25) is 5.91 Å². The number of carboxylic acids is 1. The predicted octanol–water partition coefficient (Wildman–Crippen LogP) is 3.22. The number of hydrogen-bond acceptors (Lipinski definition) is 5. The Morgan fingerprint density at radius 1 is 0.857 bits per heavy atom. The van der Waals surface area contributed by atoms with E-state index in [1.165, 1.54) is 6.92 Å². The number of amides is 2. The molecule has 180 valence electrons. The van der Waals surface area contributed by atoms with Crippen LogP contribution in [-0.4, -0.2) is 46.9 Å². The molecule has 0 bridgehead atoms. The summed E-state index contributed by atoms with van der Waals surface area (Å²) in [4.78, 5) is 37.1. The molecule has 3 aromatic carbocycles. The molecule has 0 spiro atoms. The van der Waals surface area contributed by atoms with Gasteiger partial charge in [-0.3, -0.25) is 4.79 Å².